The minimum Gasteiger partial charge on any atom is -0.458 e. The summed E-state index contributed by atoms with van der Waals surface area (Å²) in [6, 6.07) is 0. The lowest BCUT2D eigenvalue weighted by Gasteiger charge is -2.58. The van der Waals surface area contributed by atoms with Crippen molar-refractivity contribution in [2.75, 3.05) is 6.61 Å². The maximum absolute atomic E-state index is 13.3. The molecule has 6 aliphatic rings. The highest BCUT2D eigenvalue weighted by molar-refractivity contribution is 5.98. The number of epoxide rings is 1. The summed E-state index contributed by atoms with van der Waals surface area (Å²) in [7, 11) is 0. The van der Waals surface area contributed by atoms with Crippen LogP contribution in [0.25, 0.3) is 0 Å². The van der Waals surface area contributed by atoms with Crippen molar-refractivity contribution in [2.45, 2.75) is 90.1 Å². The number of aliphatic hydroxyl groups is 2. The summed E-state index contributed by atoms with van der Waals surface area (Å²) in [5.41, 5.74) is 0.129. The highest BCUT2D eigenvalue weighted by Gasteiger charge is 2.80. The molecule has 0 aromatic heterocycles. The molecule has 11 atom stereocenters. The van der Waals surface area contributed by atoms with E-state index in [1.54, 1.807) is 12.2 Å². The van der Waals surface area contributed by atoms with Gasteiger partial charge in [0.05, 0.1) is 23.7 Å². The number of ketones is 1. The van der Waals surface area contributed by atoms with Gasteiger partial charge >= 0.3 is 5.97 Å². The van der Waals surface area contributed by atoms with Crippen molar-refractivity contribution in [1.29, 1.82) is 0 Å². The van der Waals surface area contributed by atoms with Crippen molar-refractivity contribution in [1.82, 2.24) is 0 Å². The predicted octanol–water partition coefficient (Wildman–Crippen LogP) is 3.35. The highest BCUT2D eigenvalue weighted by Crippen LogP contribution is 2.73. The first-order valence-electron chi connectivity index (χ1n) is 13.2. The van der Waals surface area contributed by atoms with Gasteiger partial charge in [0.1, 0.15) is 17.8 Å². The van der Waals surface area contributed by atoms with Crippen molar-refractivity contribution in [3.05, 3.63) is 23.3 Å². The number of aliphatic hydroxyl groups excluding tert-OH is 2. The van der Waals surface area contributed by atoms with E-state index in [1.165, 1.54) is 0 Å². The molecule has 4 fully saturated rings. The molecule has 2 heterocycles. The van der Waals surface area contributed by atoms with Crippen LogP contribution in [-0.2, 0) is 19.1 Å². The third-order valence-corrected chi connectivity index (χ3v) is 11.6. The Morgan fingerprint density at radius 2 is 1.94 bits per heavy atom. The summed E-state index contributed by atoms with van der Waals surface area (Å²) in [6.45, 7) is 8.41. The Bertz CT molecular complexity index is 999. The monoisotopic (exact) mass is 470 g/mol. The molecule has 1 saturated heterocycles. The zero-order chi connectivity index (χ0) is 24.2. The topological polar surface area (TPSA) is 96.4 Å². The Morgan fingerprint density at radius 3 is 2.65 bits per heavy atom. The van der Waals surface area contributed by atoms with E-state index in [0.717, 1.165) is 37.7 Å². The van der Waals surface area contributed by atoms with E-state index in [1.807, 2.05) is 6.92 Å². The number of allylic oxidation sites excluding steroid dienone is 1. The van der Waals surface area contributed by atoms with Crippen molar-refractivity contribution in [2.24, 2.45) is 40.4 Å². The Labute approximate surface area is 201 Å². The highest BCUT2D eigenvalue weighted by atomic mass is 16.6. The normalized spacial score (nSPS) is 52.4. The third-order valence-electron chi connectivity index (χ3n) is 11.6. The molecule has 6 rings (SSSR count). The number of hydrogen-bond donors (Lipinski definition) is 2. The fraction of sp³-hybridized carbons (Fsp3) is 0.786. The van der Waals surface area contributed by atoms with E-state index < -0.39 is 17.1 Å². The molecule has 0 aromatic rings. The Hall–Kier alpha value is -1.50. The van der Waals surface area contributed by atoms with Gasteiger partial charge in [-0.3, -0.25) is 4.79 Å². The van der Waals surface area contributed by atoms with Gasteiger partial charge in [-0.1, -0.05) is 19.4 Å². The van der Waals surface area contributed by atoms with Crippen LogP contribution < -0.4 is 0 Å². The van der Waals surface area contributed by atoms with Crippen LogP contribution >= 0.6 is 0 Å². The first-order valence-corrected chi connectivity index (χ1v) is 13.2. The predicted molar refractivity (Wildman–Crippen MR) is 124 cm³/mol. The fourth-order valence-electron chi connectivity index (χ4n) is 9.69. The smallest absolute Gasteiger partial charge is 0.336 e. The standard InChI is InChI=1S/C28H38O6/c1-14-11-21(33-25(32)17(14)13-29)15(2)18-5-6-19-16-12-24-28(34-24)23(31)8-7-22(30)27(28,4)20(16)9-10-26(18,19)3/h7-8,15-16,18-21,23-24,29,31H,5-6,9-13H2,1-4H3/t15-,16?,18?,19?,20?,21?,23+,24+,26+,27-,28?/m0/s1. The Morgan fingerprint density at radius 1 is 1.18 bits per heavy atom. The lowest BCUT2D eigenvalue weighted by Crippen LogP contribution is -2.63. The van der Waals surface area contributed by atoms with E-state index in [2.05, 4.69) is 20.8 Å². The maximum atomic E-state index is 13.3. The molecule has 0 aromatic carbocycles. The largest absolute Gasteiger partial charge is 0.458 e. The van der Waals surface area contributed by atoms with Crippen molar-refractivity contribution < 1.29 is 29.3 Å². The van der Waals surface area contributed by atoms with Crippen LogP contribution in [0.2, 0.25) is 0 Å². The van der Waals surface area contributed by atoms with E-state index in [0.29, 0.717) is 29.7 Å². The van der Waals surface area contributed by atoms with Gasteiger partial charge in [0.15, 0.2) is 5.78 Å². The molecule has 4 aliphatic carbocycles. The number of cyclic esters (lactones) is 1. The number of esters is 1. The van der Waals surface area contributed by atoms with Crippen molar-refractivity contribution in [3.8, 4) is 0 Å². The van der Waals surface area contributed by atoms with Gasteiger partial charge in [0.25, 0.3) is 0 Å². The molecule has 2 N–H and O–H groups in total. The third kappa shape index (κ3) is 2.63. The summed E-state index contributed by atoms with van der Waals surface area (Å²) in [5.74, 6) is 1.61. The summed E-state index contributed by atoms with van der Waals surface area (Å²) >= 11 is 0. The quantitative estimate of drug-likeness (QED) is 0.485. The minimum atomic E-state index is -0.719. The second kappa shape index (κ2) is 7.27. The van der Waals surface area contributed by atoms with Gasteiger partial charge in [-0.15, -0.1) is 0 Å². The van der Waals surface area contributed by atoms with Crippen molar-refractivity contribution in [3.63, 3.8) is 0 Å². The van der Waals surface area contributed by atoms with E-state index in [-0.39, 0.29) is 47.8 Å². The van der Waals surface area contributed by atoms with Crippen LogP contribution in [0.15, 0.2) is 23.3 Å². The molecular weight excluding hydrogens is 432 g/mol. The van der Waals surface area contributed by atoms with Crippen LogP contribution in [0.4, 0.5) is 0 Å². The van der Waals surface area contributed by atoms with Crippen LogP contribution in [0.5, 0.6) is 0 Å². The number of hydrogen-bond acceptors (Lipinski definition) is 6. The average Bonchev–Trinajstić information content (AvgIpc) is 3.43. The average molecular weight is 471 g/mol. The van der Waals surface area contributed by atoms with E-state index in [9.17, 15) is 19.8 Å². The van der Waals surface area contributed by atoms with Gasteiger partial charge in [0.2, 0.25) is 0 Å². The zero-order valence-electron chi connectivity index (χ0n) is 20.8. The number of rotatable bonds is 3. The molecule has 34 heavy (non-hydrogen) atoms. The summed E-state index contributed by atoms with van der Waals surface area (Å²) in [5, 5.41) is 20.4. The summed E-state index contributed by atoms with van der Waals surface area (Å²) in [6.07, 6.45) is 8.23. The summed E-state index contributed by atoms with van der Waals surface area (Å²) < 4.78 is 12.1. The maximum Gasteiger partial charge on any atom is 0.336 e. The number of carbonyl (C=O) groups excluding carboxylic acids is 2. The van der Waals surface area contributed by atoms with Gasteiger partial charge in [-0.05, 0) is 93.1 Å². The first-order chi connectivity index (χ1) is 16.1. The zero-order valence-corrected chi connectivity index (χ0v) is 20.8. The summed E-state index contributed by atoms with van der Waals surface area (Å²) in [4.78, 5) is 25.8. The molecule has 186 valence electrons. The van der Waals surface area contributed by atoms with Gasteiger partial charge < -0.3 is 19.7 Å². The van der Waals surface area contributed by atoms with Crippen LogP contribution in [0.3, 0.4) is 0 Å². The Balaban J connectivity index is 1.27. The van der Waals surface area contributed by atoms with Gasteiger partial charge in [-0.2, -0.15) is 0 Å². The second-order valence-corrected chi connectivity index (χ2v) is 12.5. The first kappa shape index (κ1) is 22.9. The molecule has 1 spiro atoms. The van der Waals surface area contributed by atoms with Gasteiger partial charge in [0, 0.05) is 6.42 Å². The van der Waals surface area contributed by atoms with Crippen LogP contribution in [0.1, 0.15) is 66.2 Å². The molecule has 3 saturated carbocycles. The lowest BCUT2D eigenvalue weighted by atomic mass is 9.44. The molecular formula is C28H38O6. The van der Waals surface area contributed by atoms with Crippen LogP contribution in [0, 0.1) is 40.4 Å². The number of ether oxygens (including phenoxy) is 2. The lowest BCUT2D eigenvalue weighted by molar-refractivity contribution is -0.155. The molecule has 6 heteroatoms. The molecule has 0 radical (unpaired) electrons. The van der Waals surface area contributed by atoms with Gasteiger partial charge in [-0.25, -0.2) is 4.79 Å². The van der Waals surface area contributed by atoms with Crippen molar-refractivity contribution >= 4 is 11.8 Å². The molecule has 0 bridgehead atoms. The van der Waals surface area contributed by atoms with Crippen LogP contribution in [-0.4, -0.2) is 52.5 Å². The molecule has 6 nitrogen and oxygen atoms in total. The number of fused-ring (bicyclic) bond motifs is 4. The molecule has 6 unspecified atom stereocenters. The molecule has 2 aliphatic heterocycles. The molecule has 0 amide bonds. The van der Waals surface area contributed by atoms with E-state index >= 15 is 0 Å². The van der Waals surface area contributed by atoms with E-state index in [4.69, 9.17) is 9.47 Å². The second-order valence-electron chi connectivity index (χ2n) is 12.5. The fourth-order valence-corrected chi connectivity index (χ4v) is 9.69. The Kier molecular flexibility index (Phi) is 4.90. The SMILES string of the molecule is CC1=C(CO)C(=O)OC([C@@H](C)C2CCC3C4C[C@H]5OC56[C@H](O)C=CC(=O)[C@]6(C)C4CC[C@@]32C)C1. The number of carbonyl (C=O) groups is 2. The minimum absolute atomic E-state index is 0.0366.